The first-order chi connectivity index (χ1) is 13.6. The summed E-state index contributed by atoms with van der Waals surface area (Å²) in [5.41, 5.74) is 2.59. The summed E-state index contributed by atoms with van der Waals surface area (Å²) in [5.74, 6) is 0.537. The lowest BCUT2D eigenvalue weighted by molar-refractivity contribution is 0.102. The number of amides is 1. The summed E-state index contributed by atoms with van der Waals surface area (Å²) in [4.78, 5) is 25.3. The second-order valence-electron chi connectivity index (χ2n) is 6.73. The Morgan fingerprint density at radius 2 is 2.11 bits per heavy atom. The van der Waals surface area contributed by atoms with E-state index in [1.54, 1.807) is 28.9 Å². The van der Waals surface area contributed by atoms with Gasteiger partial charge in [-0.05, 0) is 31.0 Å². The molecule has 0 radical (unpaired) electrons. The van der Waals surface area contributed by atoms with Crippen LogP contribution in [-0.4, -0.2) is 36.6 Å². The zero-order chi connectivity index (χ0) is 19.3. The molecule has 1 saturated carbocycles. The maximum absolute atomic E-state index is 13.2. The van der Waals surface area contributed by atoms with Gasteiger partial charge in [-0.25, -0.2) is 14.4 Å². The minimum absolute atomic E-state index is 0.294. The summed E-state index contributed by atoms with van der Waals surface area (Å²) < 4.78 is 20.0. The number of rotatable bonds is 4. The lowest BCUT2D eigenvalue weighted by Gasteiger charge is -2.10. The van der Waals surface area contributed by atoms with E-state index < -0.39 is 6.17 Å². The Labute approximate surface area is 158 Å². The summed E-state index contributed by atoms with van der Waals surface area (Å²) in [5, 5.41) is 6.84. The van der Waals surface area contributed by atoms with Gasteiger partial charge in [-0.1, -0.05) is 17.3 Å². The highest BCUT2D eigenvalue weighted by Crippen LogP contribution is 2.43. The minimum atomic E-state index is -0.901. The molecule has 1 aromatic carbocycles. The number of hydrogen-bond donors (Lipinski definition) is 1. The average Bonchev–Trinajstić information content (AvgIpc) is 3.11. The molecule has 0 spiro atoms. The first-order valence-electron chi connectivity index (χ1n) is 8.78. The number of nitrogens with zero attached hydrogens (tertiary/aromatic N) is 5. The number of nitrogens with one attached hydrogen (secondary N) is 1. The summed E-state index contributed by atoms with van der Waals surface area (Å²) in [6, 6.07) is 7.08. The van der Waals surface area contributed by atoms with E-state index in [0.29, 0.717) is 40.9 Å². The van der Waals surface area contributed by atoms with Crippen molar-refractivity contribution in [3.63, 3.8) is 0 Å². The van der Waals surface area contributed by atoms with E-state index in [2.05, 4.69) is 25.4 Å². The highest BCUT2D eigenvalue weighted by molar-refractivity contribution is 6.04. The van der Waals surface area contributed by atoms with Crippen molar-refractivity contribution in [1.82, 2.24) is 24.5 Å². The van der Waals surface area contributed by atoms with Crippen LogP contribution in [0.25, 0.3) is 17.2 Å². The summed E-state index contributed by atoms with van der Waals surface area (Å²) >= 11 is 0. The number of aryl methyl sites for hydroxylation is 1. The smallest absolute Gasteiger partial charge is 0.272 e. The molecular formula is C19H15FN6O2. The number of fused-ring (bicyclic) bond motifs is 1. The Hall–Kier alpha value is -3.62. The molecule has 5 rings (SSSR count). The predicted molar refractivity (Wildman–Crippen MR) is 97.7 cm³/mol. The van der Waals surface area contributed by atoms with Crippen molar-refractivity contribution in [2.75, 3.05) is 5.32 Å². The lowest BCUT2D eigenvalue weighted by atomic mass is 10.1. The van der Waals surface area contributed by atoms with Gasteiger partial charge in [0, 0.05) is 29.8 Å². The van der Waals surface area contributed by atoms with Gasteiger partial charge in [-0.2, -0.15) is 4.98 Å². The Balaban J connectivity index is 1.44. The number of anilines is 1. The zero-order valence-corrected chi connectivity index (χ0v) is 14.8. The standard InChI is InChI=1S/C19H15FN6O2/c1-10-2-3-11(16-24-18(28-25-16)12-9-13(12)20)8-14(10)23-17(27)15-4-5-21-19-22-6-7-26(15)19/h2-8,12-13H,9H2,1H3,(H,23,27)/t12-,13-/m0/s1. The van der Waals surface area contributed by atoms with Gasteiger partial charge in [0.2, 0.25) is 17.5 Å². The number of carbonyl (C=O) groups excluding carboxylic acids is 1. The zero-order valence-electron chi connectivity index (χ0n) is 14.8. The molecule has 1 N–H and O–H groups in total. The van der Waals surface area contributed by atoms with Crippen molar-refractivity contribution in [1.29, 1.82) is 0 Å². The van der Waals surface area contributed by atoms with E-state index in [0.717, 1.165) is 5.56 Å². The highest BCUT2D eigenvalue weighted by atomic mass is 19.1. The van der Waals surface area contributed by atoms with Crippen LogP contribution in [-0.2, 0) is 0 Å². The molecule has 0 saturated heterocycles. The van der Waals surface area contributed by atoms with Crippen LogP contribution in [0.2, 0.25) is 0 Å². The number of halogens is 1. The van der Waals surface area contributed by atoms with E-state index in [4.69, 9.17) is 4.52 Å². The van der Waals surface area contributed by atoms with E-state index in [1.165, 1.54) is 6.20 Å². The Bertz CT molecular complexity index is 1200. The van der Waals surface area contributed by atoms with Crippen molar-refractivity contribution < 1.29 is 13.7 Å². The van der Waals surface area contributed by atoms with Gasteiger partial charge in [0.15, 0.2) is 0 Å². The number of hydrogen-bond acceptors (Lipinski definition) is 6. The second-order valence-corrected chi connectivity index (χ2v) is 6.73. The molecule has 1 fully saturated rings. The molecule has 1 amide bonds. The SMILES string of the molecule is Cc1ccc(-c2noc([C@H]3C[C@@H]3F)n2)cc1NC(=O)c1ccnc2nccn12. The van der Waals surface area contributed by atoms with Gasteiger partial charge in [-0.15, -0.1) is 0 Å². The molecule has 3 aromatic heterocycles. The van der Waals surface area contributed by atoms with Crippen molar-refractivity contribution in [3.05, 3.63) is 60.0 Å². The van der Waals surface area contributed by atoms with E-state index in [1.807, 2.05) is 19.1 Å². The molecule has 0 aliphatic heterocycles. The van der Waals surface area contributed by atoms with Crippen LogP contribution in [0.15, 0.2) is 47.4 Å². The number of carbonyl (C=O) groups is 1. The molecule has 0 unspecified atom stereocenters. The third-order valence-electron chi connectivity index (χ3n) is 4.75. The molecule has 28 heavy (non-hydrogen) atoms. The third-order valence-corrected chi connectivity index (χ3v) is 4.75. The summed E-state index contributed by atoms with van der Waals surface area (Å²) in [7, 11) is 0. The molecule has 8 nitrogen and oxygen atoms in total. The Morgan fingerprint density at radius 3 is 2.93 bits per heavy atom. The molecule has 3 heterocycles. The topological polar surface area (TPSA) is 98.2 Å². The van der Waals surface area contributed by atoms with E-state index in [-0.39, 0.29) is 11.8 Å². The monoisotopic (exact) mass is 378 g/mol. The average molecular weight is 378 g/mol. The van der Waals surface area contributed by atoms with Crippen LogP contribution in [0.4, 0.5) is 10.1 Å². The lowest BCUT2D eigenvalue weighted by Crippen LogP contribution is -2.16. The number of aromatic nitrogens is 5. The van der Waals surface area contributed by atoms with E-state index >= 15 is 0 Å². The first-order valence-corrected chi connectivity index (χ1v) is 8.78. The van der Waals surface area contributed by atoms with Gasteiger partial charge in [0.25, 0.3) is 5.91 Å². The quantitative estimate of drug-likeness (QED) is 0.586. The maximum Gasteiger partial charge on any atom is 0.272 e. The molecule has 1 aliphatic rings. The number of benzene rings is 1. The van der Waals surface area contributed by atoms with Crippen LogP contribution in [0.1, 0.15) is 34.3 Å². The molecule has 1 aliphatic carbocycles. The fourth-order valence-corrected chi connectivity index (χ4v) is 3.02. The normalized spacial score (nSPS) is 18.4. The van der Waals surface area contributed by atoms with Crippen LogP contribution in [0, 0.1) is 6.92 Å². The molecule has 4 aromatic rings. The van der Waals surface area contributed by atoms with Crippen molar-refractivity contribution in [2.45, 2.75) is 25.4 Å². The molecule has 2 atom stereocenters. The molecule has 9 heteroatoms. The molecule has 0 bridgehead atoms. The highest BCUT2D eigenvalue weighted by Gasteiger charge is 2.43. The van der Waals surface area contributed by atoms with Crippen LogP contribution in [0.5, 0.6) is 0 Å². The van der Waals surface area contributed by atoms with Crippen LogP contribution < -0.4 is 5.32 Å². The van der Waals surface area contributed by atoms with Gasteiger partial charge >= 0.3 is 0 Å². The Kier molecular flexibility index (Phi) is 3.68. The van der Waals surface area contributed by atoms with E-state index in [9.17, 15) is 9.18 Å². The largest absolute Gasteiger partial charge is 0.339 e. The van der Waals surface area contributed by atoms with Crippen molar-refractivity contribution >= 4 is 17.4 Å². The maximum atomic E-state index is 13.2. The van der Waals surface area contributed by atoms with Gasteiger partial charge in [0.05, 0.1) is 5.92 Å². The fourth-order valence-electron chi connectivity index (χ4n) is 3.02. The van der Waals surface area contributed by atoms with Crippen LogP contribution in [0.3, 0.4) is 0 Å². The summed E-state index contributed by atoms with van der Waals surface area (Å²) in [6.45, 7) is 1.89. The Morgan fingerprint density at radius 1 is 1.29 bits per heavy atom. The number of alkyl halides is 1. The summed E-state index contributed by atoms with van der Waals surface area (Å²) in [6.07, 6.45) is 4.32. The predicted octanol–water partition coefficient (Wildman–Crippen LogP) is 3.17. The van der Waals surface area contributed by atoms with Gasteiger partial charge < -0.3 is 9.84 Å². The van der Waals surface area contributed by atoms with Crippen LogP contribution >= 0.6 is 0 Å². The second kappa shape index (κ2) is 6.22. The molecule has 140 valence electrons. The fraction of sp³-hybridized carbons (Fsp3) is 0.211. The van der Waals surface area contributed by atoms with Crippen molar-refractivity contribution in [2.24, 2.45) is 0 Å². The first kappa shape index (κ1) is 16.5. The third kappa shape index (κ3) is 2.81. The minimum Gasteiger partial charge on any atom is -0.339 e. The van der Waals surface area contributed by atoms with Crippen molar-refractivity contribution in [3.8, 4) is 11.4 Å². The van der Waals surface area contributed by atoms with Gasteiger partial charge in [-0.3, -0.25) is 9.20 Å². The molecular weight excluding hydrogens is 363 g/mol. The van der Waals surface area contributed by atoms with Gasteiger partial charge in [0.1, 0.15) is 11.9 Å². The number of imidazole rings is 1.